The van der Waals surface area contributed by atoms with Crippen LogP contribution in [-0.2, 0) is 11.3 Å². The topological polar surface area (TPSA) is 131 Å². The summed E-state index contributed by atoms with van der Waals surface area (Å²) in [4.78, 5) is 24.8. The molecule has 3 heterocycles. The van der Waals surface area contributed by atoms with Gasteiger partial charge in [0.05, 0.1) is 16.6 Å². The zero-order valence-corrected chi connectivity index (χ0v) is 18.8. The van der Waals surface area contributed by atoms with Crippen LogP contribution in [-0.4, -0.2) is 36.3 Å². The van der Waals surface area contributed by atoms with Gasteiger partial charge in [0.1, 0.15) is 17.8 Å². The second kappa shape index (κ2) is 8.84. The molecule has 176 valence electrons. The van der Waals surface area contributed by atoms with Gasteiger partial charge in [-0.1, -0.05) is 60.7 Å². The van der Waals surface area contributed by atoms with E-state index in [2.05, 4.69) is 30.8 Å². The van der Waals surface area contributed by atoms with Gasteiger partial charge >= 0.3 is 6.09 Å². The molecule has 1 amide bonds. The molecule has 0 spiro atoms. The number of ether oxygens (including phenoxy) is 1. The molecule has 3 N–H and O–H groups in total. The predicted octanol–water partition coefficient (Wildman–Crippen LogP) is 4.40. The first-order valence-corrected chi connectivity index (χ1v) is 11.2. The molecule has 0 aliphatic heterocycles. The number of nitrogens with one attached hydrogen (secondary N) is 3. The van der Waals surface area contributed by atoms with E-state index in [9.17, 15) is 9.59 Å². The molecular weight excluding hydrogens is 458 g/mol. The summed E-state index contributed by atoms with van der Waals surface area (Å²) in [7, 11) is 0. The highest BCUT2D eigenvalue weighted by Crippen LogP contribution is 2.30. The van der Waals surface area contributed by atoms with E-state index in [0.717, 1.165) is 27.7 Å². The number of anilines is 1. The smallest absolute Gasteiger partial charge is 0.413 e. The summed E-state index contributed by atoms with van der Waals surface area (Å²) in [5.41, 5.74) is 3.57. The van der Waals surface area contributed by atoms with E-state index in [0.29, 0.717) is 11.1 Å². The minimum absolute atomic E-state index is 0.0985. The number of carbonyl (C=O) groups is 1. The lowest BCUT2D eigenvalue weighted by molar-refractivity contribution is 0.155. The van der Waals surface area contributed by atoms with Crippen molar-refractivity contribution in [3.63, 3.8) is 0 Å². The van der Waals surface area contributed by atoms with Crippen molar-refractivity contribution in [2.45, 2.75) is 6.61 Å². The first-order valence-electron chi connectivity index (χ1n) is 11.2. The molecule has 0 saturated carbocycles. The molecule has 0 aliphatic carbocycles. The first kappa shape index (κ1) is 21.3. The molecule has 0 saturated heterocycles. The highest BCUT2D eigenvalue weighted by atomic mass is 16.5. The van der Waals surface area contributed by atoms with Crippen LogP contribution in [0.2, 0.25) is 0 Å². The van der Waals surface area contributed by atoms with Crippen LogP contribution in [0.5, 0.6) is 0 Å². The van der Waals surface area contributed by atoms with Crippen molar-refractivity contribution in [2.75, 3.05) is 5.32 Å². The molecule has 0 unspecified atom stereocenters. The number of fused-ring (bicyclic) bond motifs is 2. The van der Waals surface area contributed by atoms with Crippen molar-refractivity contribution in [1.29, 1.82) is 0 Å². The van der Waals surface area contributed by atoms with E-state index >= 15 is 0 Å². The number of hydrogen-bond acceptors (Lipinski definition) is 6. The number of amides is 1. The molecule has 10 heteroatoms. The summed E-state index contributed by atoms with van der Waals surface area (Å²) < 4.78 is 7.11. The summed E-state index contributed by atoms with van der Waals surface area (Å²) in [6.45, 7) is 0.0985. The largest absolute Gasteiger partial charge is 0.444 e. The van der Waals surface area contributed by atoms with Gasteiger partial charge in [0.15, 0.2) is 5.82 Å². The van der Waals surface area contributed by atoms with Crippen molar-refractivity contribution < 1.29 is 9.53 Å². The minimum Gasteiger partial charge on any atom is -0.444 e. The van der Waals surface area contributed by atoms with E-state index < -0.39 is 11.7 Å². The monoisotopic (exact) mass is 477 g/mol. The first-order chi connectivity index (χ1) is 17.7. The number of rotatable bonds is 5. The number of carbonyl (C=O) groups excluding carboxylic acids is 1. The quantitative estimate of drug-likeness (QED) is 0.337. The second-order valence-corrected chi connectivity index (χ2v) is 8.09. The van der Waals surface area contributed by atoms with Crippen LogP contribution in [0, 0.1) is 0 Å². The zero-order chi connectivity index (χ0) is 24.5. The Morgan fingerprint density at radius 2 is 1.69 bits per heavy atom. The van der Waals surface area contributed by atoms with Crippen molar-refractivity contribution in [1.82, 2.24) is 30.2 Å². The molecule has 0 atom stereocenters. The predicted molar refractivity (Wildman–Crippen MR) is 135 cm³/mol. The van der Waals surface area contributed by atoms with Gasteiger partial charge < -0.3 is 4.74 Å². The van der Waals surface area contributed by atoms with E-state index in [-0.39, 0.29) is 17.9 Å². The number of hydrogen-bond donors (Lipinski definition) is 3. The summed E-state index contributed by atoms with van der Waals surface area (Å²) in [6, 6.07) is 24.8. The number of aromatic amines is 2. The minimum atomic E-state index is -0.701. The fraction of sp³-hybridized carbons (Fsp3) is 0.0385. The van der Waals surface area contributed by atoms with Crippen molar-refractivity contribution in [3.05, 3.63) is 101 Å². The van der Waals surface area contributed by atoms with Crippen LogP contribution in [0.25, 0.3) is 38.8 Å². The SMILES string of the molecule is O=C(Nc1n[nH]c(=O)c2[nH]nc(-c3ccc(-n4cc5ccccc5n4)cc3)c12)OCc1ccccc1. The van der Waals surface area contributed by atoms with Crippen LogP contribution in [0.3, 0.4) is 0 Å². The molecule has 6 aromatic rings. The highest BCUT2D eigenvalue weighted by Gasteiger charge is 2.19. The Morgan fingerprint density at radius 3 is 2.50 bits per heavy atom. The fourth-order valence-electron chi connectivity index (χ4n) is 3.98. The zero-order valence-electron chi connectivity index (χ0n) is 18.8. The second-order valence-electron chi connectivity index (χ2n) is 8.09. The molecule has 36 heavy (non-hydrogen) atoms. The lowest BCUT2D eigenvalue weighted by Gasteiger charge is -2.08. The Labute approximate surface area is 203 Å². The van der Waals surface area contributed by atoms with Crippen LogP contribution >= 0.6 is 0 Å². The van der Waals surface area contributed by atoms with E-state index in [4.69, 9.17) is 4.74 Å². The lowest BCUT2D eigenvalue weighted by Crippen LogP contribution is -2.18. The number of benzene rings is 3. The third-order valence-corrected chi connectivity index (χ3v) is 5.75. The van der Waals surface area contributed by atoms with Crippen LogP contribution in [0.1, 0.15) is 5.56 Å². The van der Waals surface area contributed by atoms with Gasteiger partial charge in [-0.2, -0.15) is 15.3 Å². The Morgan fingerprint density at radius 1 is 0.917 bits per heavy atom. The third kappa shape index (κ3) is 3.96. The summed E-state index contributed by atoms with van der Waals surface area (Å²) in [6.07, 6.45) is 1.26. The maximum Gasteiger partial charge on any atom is 0.413 e. The van der Waals surface area contributed by atoms with Gasteiger partial charge in [0.25, 0.3) is 5.56 Å². The molecular formula is C26H19N7O3. The Kier molecular flexibility index (Phi) is 5.23. The normalized spacial score (nSPS) is 11.1. The van der Waals surface area contributed by atoms with Gasteiger partial charge in [-0.25, -0.2) is 14.6 Å². The van der Waals surface area contributed by atoms with E-state index in [1.165, 1.54) is 0 Å². The Bertz CT molecular complexity index is 1720. The van der Waals surface area contributed by atoms with E-state index in [1.807, 2.05) is 85.1 Å². The Balaban J connectivity index is 1.30. The van der Waals surface area contributed by atoms with E-state index in [1.54, 1.807) is 4.68 Å². The van der Waals surface area contributed by atoms with Gasteiger partial charge in [-0.3, -0.25) is 15.2 Å². The molecule has 0 aliphatic rings. The van der Waals surface area contributed by atoms with Gasteiger partial charge in [0, 0.05) is 17.1 Å². The summed E-state index contributed by atoms with van der Waals surface area (Å²) in [5, 5.41) is 22.1. The van der Waals surface area contributed by atoms with Crippen molar-refractivity contribution in [2.24, 2.45) is 0 Å². The van der Waals surface area contributed by atoms with Crippen molar-refractivity contribution >= 4 is 33.7 Å². The van der Waals surface area contributed by atoms with Gasteiger partial charge in [0.2, 0.25) is 0 Å². The third-order valence-electron chi connectivity index (χ3n) is 5.75. The van der Waals surface area contributed by atoms with Crippen LogP contribution < -0.4 is 10.9 Å². The Hall–Kier alpha value is -5.25. The molecule has 3 aromatic carbocycles. The van der Waals surface area contributed by atoms with Crippen molar-refractivity contribution in [3.8, 4) is 16.9 Å². The van der Waals surface area contributed by atoms with Gasteiger partial charge in [-0.15, -0.1) is 0 Å². The molecule has 0 radical (unpaired) electrons. The molecule has 0 fully saturated rings. The average molecular weight is 477 g/mol. The standard InChI is InChI=1S/C26H19N7O3/c34-25-23-21(24(30-31-25)27-26(35)36-15-16-6-2-1-3-7-16)22(28-29-23)17-10-12-19(13-11-17)33-14-18-8-4-5-9-20(18)32-33/h1-14H,15H2,(H,28,29)(H,31,34)(H,27,30,35). The van der Waals surface area contributed by atoms with Gasteiger partial charge in [-0.05, 0) is 23.8 Å². The summed E-state index contributed by atoms with van der Waals surface area (Å²) in [5.74, 6) is 0.133. The highest BCUT2D eigenvalue weighted by molar-refractivity contribution is 6.03. The molecule has 10 nitrogen and oxygen atoms in total. The molecule has 3 aromatic heterocycles. The fourth-order valence-corrected chi connectivity index (χ4v) is 3.98. The molecule has 6 rings (SSSR count). The lowest BCUT2D eigenvalue weighted by atomic mass is 10.1. The maximum atomic E-state index is 12.5. The van der Waals surface area contributed by atoms with Crippen LogP contribution in [0.15, 0.2) is 89.9 Å². The average Bonchev–Trinajstić information content (AvgIpc) is 3.56. The van der Waals surface area contributed by atoms with Crippen LogP contribution in [0.4, 0.5) is 10.6 Å². The number of nitrogens with zero attached hydrogens (tertiary/aromatic N) is 4. The number of H-pyrrole nitrogens is 2. The summed E-state index contributed by atoms with van der Waals surface area (Å²) >= 11 is 0. The maximum absolute atomic E-state index is 12.5. The number of aromatic nitrogens is 6. The molecule has 0 bridgehead atoms.